The molecule has 2 aromatic rings. The van der Waals surface area contributed by atoms with Gasteiger partial charge in [-0.05, 0) is 35.1 Å². The summed E-state index contributed by atoms with van der Waals surface area (Å²) >= 11 is 0. The maximum absolute atomic E-state index is 13.7. The van der Waals surface area contributed by atoms with Crippen molar-refractivity contribution in [3.8, 4) is 11.1 Å². The lowest BCUT2D eigenvalue weighted by molar-refractivity contribution is -0.125. The Hall–Kier alpha value is -1.93. The zero-order valence-corrected chi connectivity index (χ0v) is 17.5. The summed E-state index contributed by atoms with van der Waals surface area (Å²) in [5.41, 5.74) is 4.00. The van der Waals surface area contributed by atoms with Gasteiger partial charge in [0.05, 0.1) is 6.61 Å². The molecule has 0 bridgehead atoms. The standard InChI is InChI=1S/C26H34O2/c1-3-5-7-8-18-25(27)26(20-28-19-13-6-4-2)23-16-11-9-14-21(23)22-15-10-12-17-24(22)26/h9-12,14-17H,3-8,13,18-20H2,1-2H3. The number of carbonyl (C=O) groups excluding carboxylic acids is 1. The topological polar surface area (TPSA) is 26.3 Å². The molecular weight excluding hydrogens is 344 g/mol. The lowest BCUT2D eigenvalue weighted by Gasteiger charge is -2.30. The number of fused-ring (bicyclic) bond motifs is 3. The van der Waals surface area contributed by atoms with Crippen molar-refractivity contribution in [1.82, 2.24) is 0 Å². The number of benzene rings is 2. The molecule has 0 saturated carbocycles. The van der Waals surface area contributed by atoms with Crippen LogP contribution in [-0.2, 0) is 14.9 Å². The van der Waals surface area contributed by atoms with E-state index in [2.05, 4.69) is 62.4 Å². The molecule has 0 amide bonds. The monoisotopic (exact) mass is 378 g/mol. The molecule has 0 atom stereocenters. The fourth-order valence-corrected chi connectivity index (χ4v) is 4.47. The Morgan fingerprint density at radius 1 is 0.786 bits per heavy atom. The molecule has 2 heteroatoms. The van der Waals surface area contributed by atoms with Crippen LogP contribution in [0.2, 0.25) is 0 Å². The Labute approximate surface area is 170 Å². The molecule has 0 aliphatic heterocycles. The Balaban J connectivity index is 1.93. The Bertz CT molecular complexity index is 732. The number of Topliss-reactive ketones (excluding diaryl/α,β-unsaturated/α-hetero) is 1. The van der Waals surface area contributed by atoms with Crippen molar-refractivity contribution >= 4 is 5.78 Å². The number of hydrogen-bond donors (Lipinski definition) is 0. The lowest BCUT2D eigenvalue weighted by Crippen LogP contribution is -2.40. The molecule has 28 heavy (non-hydrogen) atoms. The number of carbonyl (C=O) groups is 1. The summed E-state index contributed by atoms with van der Waals surface area (Å²) < 4.78 is 6.16. The molecule has 0 spiro atoms. The smallest absolute Gasteiger partial charge is 0.150 e. The SMILES string of the molecule is CCCCCCC(=O)C1(COCCCCC)c2ccccc2-c2ccccc21. The van der Waals surface area contributed by atoms with Crippen LogP contribution >= 0.6 is 0 Å². The maximum Gasteiger partial charge on any atom is 0.150 e. The number of ether oxygens (including phenoxy) is 1. The second-order valence-electron chi connectivity index (χ2n) is 7.99. The highest BCUT2D eigenvalue weighted by Crippen LogP contribution is 2.50. The van der Waals surface area contributed by atoms with Crippen LogP contribution in [0.25, 0.3) is 11.1 Å². The molecule has 3 rings (SSSR count). The highest BCUT2D eigenvalue weighted by molar-refractivity contribution is 6.01. The van der Waals surface area contributed by atoms with Gasteiger partial charge >= 0.3 is 0 Å². The fourth-order valence-electron chi connectivity index (χ4n) is 4.47. The minimum Gasteiger partial charge on any atom is -0.380 e. The van der Waals surface area contributed by atoms with Crippen molar-refractivity contribution in [3.63, 3.8) is 0 Å². The van der Waals surface area contributed by atoms with Crippen LogP contribution in [0, 0.1) is 0 Å². The Morgan fingerprint density at radius 3 is 1.96 bits per heavy atom. The summed E-state index contributed by atoms with van der Waals surface area (Å²) in [6.07, 6.45) is 8.50. The molecule has 0 radical (unpaired) electrons. The van der Waals surface area contributed by atoms with Crippen LogP contribution in [0.5, 0.6) is 0 Å². The van der Waals surface area contributed by atoms with E-state index in [-0.39, 0.29) is 0 Å². The largest absolute Gasteiger partial charge is 0.380 e. The highest BCUT2D eigenvalue weighted by Gasteiger charge is 2.48. The van der Waals surface area contributed by atoms with E-state index in [1.54, 1.807) is 0 Å². The van der Waals surface area contributed by atoms with Crippen molar-refractivity contribution in [3.05, 3.63) is 59.7 Å². The molecule has 2 aromatic carbocycles. The molecule has 1 aliphatic carbocycles. The molecule has 1 aliphatic rings. The molecule has 2 nitrogen and oxygen atoms in total. The minimum absolute atomic E-state index is 0.316. The average Bonchev–Trinajstić information content (AvgIpc) is 3.02. The van der Waals surface area contributed by atoms with Crippen LogP contribution in [0.3, 0.4) is 0 Å². The van der Waals surface area contributed by atoms with Gasteiger partial charge in [0, 0.05) is 13.0 Å². The zero-order chi connectivity index (χ0) is 19.8. The predicted molar refractivity (Wildman–Crippen MR) is 117 cm³/mol. The van der Waals surface area contributed by atoms with E-state index in [1.165, 1.54) is 36.8 Å². The maximum atomic E-state index is 13.7. The van der Waals surface area contributed by atoms with Crippen molar-refractivity contribution in [1.29, 1.82) is 0 Å². The highest BCUT2D eigenvalue weighted by atomic mass is 16.5. The van der Waals surface area contributed by atoms with Crippen LogP contribution < -0.4 is 0 Å². The first-order chi connectivity index (χ1) is 13.8. The van der Waals surface area contributed by atoms with E-state index in [9.17, 15) is 4.79 Å². The quantitative estimate of drug-likeness (QED) is 0.384. The minimum atomic E-state index is -0.647. The fraction of sp³-hybridized carbons (Fsp3) is 0.500. The van der Waals surface area contributed by atoms with Gasteiger partial charge in [0.2, 0.25) is 0 Å². The number of ketones is 1. The van der Waals surface area contributed by atoms with Crippen LogP contribution in [0.15, 0.2) is 48.5 Å². The number of hydrogen-bond acceptors (Lipinski definition) is 2. The van der Waals surface area contributed by atoms with Gasteiger partial charge in [-0.3, -0.25) is 4.79 Å². The summed E-state index contributed by atoms with van der Waals surface area (Å²) in [7, 11) is 0. The lowest BCUT2D eigenvalue weighted by atomic mass is 9.73. The second kappa shape index (κ2) is 10.0. The van der Waals surface area contributed by atoms with Gasteiger partial charge in [-0.25, -0.2) is 0 Å². The normalized spacial score (nSPS) is 13.9. The summed E-state index contributed by atoms with van der Waals surface area (Å²) in [6.45, 7) is 5.59. The Kier molecular flexibility index (Phi) is 7.44. The predicted octanol–water partition coefficient (Wildman–Crippen LogP) is 6.70. The van der Waals surface area contributed by atoms with Crippen molar-refractivity contribution < 1.29 is 9.53 Å². The molecule has 0 saturated heterocycles. The van der Waals surface area contributed by atoms with Crippen LogP contribution in [0.4, 0.5) is 0 Å². The van der Waals surface area contributed by atoms with E-state index in [1.807, 2.05) is 0 Å². The summed E-state index contributed by atoms with van der Waals surface area (Å²) in [6, 6.07) is 16.8. The molecule has 0 fully saturated rings. The number of unbranched alkanes of at least 4 members (excludes halogenated alkanes) is 5. The van der Waals surface area contributed by atoms with Gasteiger partial charge in [0.25, 0.3) is 0 Å². The molecule has 150 valence electrons. The molecular formula is C26H34O2. The molecule has 0 unspecified atom stereocenters. The van der Waals surface area contributed by atoms with Crippen molar-refractivity contribution in [2.45, 2.75) is 70.6 Å². The van der Waals surface area contributed by atoms with E-state index in [0.717, 1.165) is 37.0 Å². The van der Waals surface area contributed by atoms with E-state index in [4.69, 9.17) is 4.74 Å². The van der Waals surface area contributed by atoms with Gasteiger partial charge in [-0.2, -0.15) is 0 Å². The third-order valence-corrected chi connectivity index (χ3v) is 6.01. The number of rotatable bonds is 12. The van der Waals surface area contributed by atoms with Crippen LogP contribution in [-0.4, -0.2) is 19.0 Å². The van der Waals surface area contributed by atoms with E-state index >= 15 is 0 Å². The van der Waals surface area contributed by atoms with Gasteiger partial charge in [-0.1, -0.05) is 94.5 Å². The Morgan fingerprint density at radius 2 is 1.36 bits per heavy atom. The first kappa shape index (κ1) is 20.8. The van der Waals surface area contributed by atoms with Gasteiger partial charge in [0.1, 0.15) is 11.2 Å². The van der Waals surface area contributed by atoms with E-state index in [0.29, 0.717) is 18.8 Å². The summed E-state index contributed by atoms with van der Waals surface area (Å²) in [4.78, 5) is 13.7. The third-order valence-electron chi connectivity index (χ3n) is 6.01. The second-order valence-corrected chi connectivity index (χ2v) is 7.99. The van der Waals surface area contributed by atoms with Gasteiger partial charge in [0.15, 0.2) is 0 Å². The average molecular weight is 379 g/mol. The molecule has 0 N–H and O–H groups in total. The molecule has 0 heterocycles. The van der Waals surface area contributed by atoms with Crippen LogP contribution in [0.1, 0.15) is 76.3 Å². The zero-order valence-electron chi connectivity index (χ0n) is 17.5. The van der Waals surface area contributed by atoms with Crippen molar-refractivity contribution in [2.75, 3.05) is 13.2 Å². The van der Waals surface area contributed by atoms with E-state index < -0.39 is 5.41 Å². The summed E-state index contributed by atoms with van der Waals surface area (Å²) in [5.74, 6) is 0.316. The van der Waals surface area contributed by atoms with Gasteiger partial charge < -0.3 is 4.74 Å². The molecule has 0 aromatic heterocycles. The first-order valence-electron chi connectivity index (χ1n) is 11.1. The third kappa shape index (κ3) is 4.07. The first-order valence-corrected chi connectivity index (χ1v) is 11.1. The van der Waals surface area contributed by atoms with Gasteiger partial charge in [-0.15, -0.1) is 0 Å². The van der Waals surface area contributed by atoms with Crippen molar-refractivity contribution in [2.24, 2.45) is 0 Å². The summed E-state index contributed by atoms with van der Waals surface area (Å²) in [5, 5.41) is 0.